The Morgan fingerprint density at radius 1 is 1.20 bits per heavy atom. The fraction of sp³-hybridized carbons (Fsp3) is 0.917. The summed E-state index contributed by atoms with van der Waals surface area (Å²) in [6.07, 6.45) is 4.48. The van der Waals surface area contributed by atoms with Gasteiger partial charge in [-0.25, -0.2) is 0 Å². The van der Waals surface area contributed by atoms with Crippen molar-refractivity contribution < 1.29 is 4.79 Å². The monoisotopic (exact) mass is 210 g/mol. The highest BCUT2D eigenvalue weighted by molar-refractivity contribution is 5.80. The zero-order chi connectivity index (χ0) is 10.8. The van der Waals surface area contributed by atoms with E-state index >= 15 is 0 Å². The molecule has 86 valence electrons. The van der Waals surface area contributed by atoms with Crippen LogP contribution in [0.2, 0.25) is 0 Å². The van der Waals surface area contributed by atoms with E-state index in [1.165, 1.54) is 12.8 Å². The minimum absolute atomic E-state index is 0.286. The van der Waals surface area contributed by atoms with Crippen molar-refractivity contribution in [2.75, 3.05) is 13.1 Å². The van der Waals surface area contributed by atoms with E-state index in [-0.39, 0.29) is 5.92 Å². The van der Waals surface area contributed by atoms with Crippen LogP contribution in [0.15, 0.2) is 0 Å². The Kier molecular flexibility index (Phi) is 3.29. The van der Waals surface area contributed by atoms with Gasteiger partial charge in [0.15, 0.2) is 0 Å². The van der Waals surface area contributed by atoms with E-state index < -0.39 is 0 Å². The van der Waals surface area contributed by atoms with Gasteiger partial charge in [0.2, 0.25) is 5.91 Å². The average Bonchev–Trinajstić information content (AvgIpc) is 3.03. The van der Waals surface area contributed by atoms with Crippen LogP contribution in [-0.4, -0.2) is 36.0 Å². The van der Waals surface area contributed by atoms with Crippen LogP contribution in [-0.2, 0) is 4.79 Å². The highest BCUT2D eigenvalue weighted by Crippen LogP contribution is 2.31. The maximum atomic E-state index is 12.3. The van der Waals surface area contributed by atoms with Gasteiger partial charge in [-0.15, -0.1) is 0 Å². The highest BCUT2D eigenvalue weighted by atomic mass is 16.2. The Morgan fingerprint density at radius 2 is 1.80 bits per heavy atom. The summed E-state index contributed by atoms with van der Waals surface area (Å²) in [5.74, 6) is 0.697. The molecule has 0 atom stereocenters. The van der Waals surface area contributed by atoms with E-state index in [0.29, 0.717) is 18.0 Å². The predicted octanol–water partition coefficient (Wildman–Crippen LogP) is 1.39. The number of carbonyl (C=O) groups excluding carboxylic acids is 1. The average molecular weight is 210 g/mol. The molecule has 1 heterocycles. The van der Waals surface area contributed by atoms with Crippen LogP contribution < -0.4 is 5.32 Å². The van der Waals surface area contributed by atoms with Crippen molar-refractivity contribution in [2.45, 2.75) is 51.6 Å². The smallest absolute Gasteiger partial charge is 0.226 e. The first-order valence-electron chi connectivity index (χ1n) is 6.23. The molecule has 3 heteroatoms. The van der Waals surface area contributed by atoms with Crippen LogP contribution in [0.4, 0.5) is 0 Å². The van der Waals surface area contributed by atoms with Gasteiger partial charge in [-0.05, 0) is 52.6 Å². The summed E-state index contributed by atoms with van der Waals surface area (Å²) in [4.78, 5) is 14.5. The van der Waals surface area contributed by atoms with Gasteiger partial charge in [0, 0.05) is 18.0 Å². The fourth-order valence-electron chi connectivity index (χ4n) is 2.49. The van der Waals surface area contributed by atoms with Gasteiger partial charge in [-0.1, -0.05) is 0 Å². The molecule has 0 unspecified atom stereocenters. The van der Waals surface area contributed by atoms with Gasteiger partial charge >= 0.3 is 0 Å². The van der Waals surface area contributed by atoms with Gasteiger partial charge in [-0.3, -0.25) is 4.79 Å². The molecule has 0 aromatic rings. The molecule has 0 radical (unpaired) electrons. The minimum atomic E-state index is 0.286. The molecule has 2 rings (SSSR count). The zero-order valence-corrected chi connectivity index (χ0v) is 9.83. The van der Waals surface area contributed by atoms with Crippen molar-refractivity contribution in [3.05, 3.63) is 0 Å². The lowest BCUT2D eigenvalue weighted by atomic mass is 9.96. The van der Waals surface area contributed by atoms with E-state index in [1.807, 2.05) is 0 Å². The van der Waals surface area contributed by atoms with Crippen LogP contribution in [0.5, 0.6) is 0 Å². The summed E-state index contributed by atoms with van der Waals surface area (Å²) < 4.78 is 0. The number of carbonyl (C=O) groups is 1. The van der Waals surface area contributed by atoms with Crippen molar-refractivity contribution in [3.63, 3.8) is 0 Å². The maximum absolute atomic E-state index is 12.3. The standard InChI is InChI=1S/C12H22N2O/c1-9(2)14(11-3-4-11)12(15)10-5-7-13-8-6-10/h9-11,13H,3-8H2,1-2H3. The summed E-state index contributed by atoms with van der Waals surface area (Å²) >= 11 is 0. The fourth-order valence-corrected chi connectivity index (χ4v) is 2.49. The SMILES string of the molecule is CC(C)N(C(=O)C1CCNCC1)C1CC1. The van der Waals surface area contributed by atoms with E-state index in [1.54, 1.807) is 0 Å². The van der Waals surface area contributed by atoms with Gasteiger partial charge in [0.1, 0.15) is 0 Å². The molecular weight excluding hydrogens is 188 g/mol. The molecule has 1 amide bonds. The second-order valence-corrected chi connectivity index (χ2v) is 5.09. The number of hydrogen-bond acceptors (Lipinski definition) is 2. The van der Waals surface area contributed by atoms with E-state index in [9.17, 15) is 4.79 Å². The summed E-state index contributed by atoms with van der Waals surface area (Å²) in [6, 6.07) is 0.937. The van der Waals surface area contributed by atoms with Crippen LogP contribution in [0.1, 0.15) is 39.5 Å². The summed E-state index contributed by atoms with van der Waals surface area (Å²) in [7, 11) is 0. The molecule has 2 fully saturated rings. The lowest BCUT2D eigenvalue weighted by Crippen LogP contribution is -2.45. The van der Waals surface area contributed by atoms with Crippen molar-refractivity contribution in [1.29, 1.82) is 0 Å². The van der Waals surface area contributed by atoms with Crippen molar-refractivity contribution >= 4 is 5.91 Å². The summed E-state index contributed by atoms with van der Waals surface area (Å²) in [6.45, 7) is 6.29. The Balaban J connectivity index is 1.96. The third-order valence-electron chi connectivity index (χ3n) is 3.44. The lowest BCUT2D eigenvalue weighted by Gasteiger charge is -2.32. The normalized spacial score (nSPS) is 23.1. The third kappa shape index (κ3) is 2.51. The molecule has 1 N–H and O–H groups in total. The van der Waals surface area contributed by atoms with Crippen molar-refractivity contribution in [1.82, 2.24) is 10.2 Å². The number of amides is 1. The third-order valence-corrected chi connectivity index (χ3v) is 3.44. The molecule has 1 saturated carbocycles. The topological polar surface area (TPSA) is 32.3 Å². The van der Waals surface area contributed by atoms with Crippen LogP contribution >= 0.6 is 0 Å². The number of nitrogens with zero attached hydrogens (tertiary/aromatic N) is 1. The number of nitrogens with one attached hydrogen (secondary N) is 1. The highest BCUT2D eigenvalue weighted by Gasteiger charge is 2.37. The second kappa shape index (κ2) is 4.52. The Labute approximate surface area is 92.2 Å². The molecule has 0 bridgehead atoms. The molecular formula is C12H22N2O. The summed E-state index contributed by atoms with van der Waals surface area (Å²) in [5.41, 5.74) is 0. The number of piperidine rings is 1. The van der Waals surface area contributed by atoms with Crippen molar-refractivity contribution in [3.8, 4) is 0 Å². The predicted molar refractivity (Wildman–Crippen MR) is 60.6 cm³/mol. The first-order chi connectivity index (χ1) is 7.20. The Bertz CT molecular complexity index is 228. The molecule has 0 spiro atoms. The van der Waals surface area contributed by atoms with E-state index in [2.05, 4.69) is 24.1 Å². The molecule has 1 aliphatic carbocycles. The van der Waals surface area contributed by atoms with E-state index in [4.69, 9.17) is 0 Å². The molecule has 1 saturated heterocycles. The molecule has 2 aliphatic rings. The lowest BCUT2D eigenvalue weighted by molar-refractivity contribution is -0.138. The van der Waals surface area contributed by atoms with Crippen LogP contribution in [0.3, 0.4) is 0 Å². The maximum Gasteiger partial charge on any atom is 0.226 e. The first kappa shape index (κ1) is 10.9. The molecule has 0 aromatic carbocycles. The van der Waals surface area contributed by atoms with Gasteiger partial charge in [-0.2, -0.15) is 0 Å². The zero-order valence-electron chi connectivity index (χ0n) is 9.83. The quantitative estimate of drug-likeness (QED) is 0.763. The first-order valence-corrected chi connectivity index (χ1v) is 6.23. The van der Waals surface area contributed by atoms with Crippen LogP contribution in [0, 0.1) is 5.92 Å². The Hall–Kier alpha value is -0.570. The Morgan fingerprint density at radius 3 is 2.27 bits per heavy atom. The largest absolute Gasteiger partial charge is 0.337 e. The van der Waals surface area contributed by atoms with E-state index in [0.717, 1.165) is 25.9 Å². The number of hydrogen-bond donors (Lipinski definition) is 1. The van der Waals surface area contributed by atoms with Crippen LogP contribution in [0.25, 0.3) is 0 Å². The van der Waals surface area contributed by atoms with Gasteiger partial charge in [0.05, 0.1) is 0 Å². The minimum Gasteiger partial charge on any atom is -0.337 e. The molecule has 15 heavy (non-hydrogen) atoms. The molecule has 3 nitrogen and oxygen atoms in total. The number of rotatable bonds is 3. The second-order valence-electron chi connectivity index (χ2n) is 5.09. The molecule has 0 aromatic heterocycles. The van der Waals surface area contributed by atoms with Gasteiger partial charge < -0.3 is 10.2 Å². The summed E-state index contributed by atoms with van der Waals surface area (Å²) in [5, 5.41) is 3.31. The van der Waals surface area contributed by atoms with Crippen molar-refractivity contribution in [2.24, 2.45) is 5.92 Å². The molecule has 1 aliphatic heterocycles. The van der Waals surface area contributed by atoms with Gasteiger partial charge in [0.25, 0.3) is 0 Å².